The van der Waals surface area contributed by atoms with Crippen molar-refractivity contribution in [3.8, 4) is 0 Å². The third-order valence-electron chi connectivity index (χ3n) is 6.30. The molecule has 0 aliphatic rings. The van der Waals surface area contributed by atoms with E-state index in [9.17, 15) is 58.5 Å². The van der Waals surface area contributed by atoms with Gasteiger partial charge in [-0.05, 0) is 38.0 Å². The summed E-state index contributed by atoms with van der Waals surface area (Å²) in [5.74, 6) is -24.2. The molecule has 0 amide bonds. The van der Waals surface area contributed by atoms with E-state index in [2.05, 4.69) is 9.97 Å². The Morgan fingerprint density at radius 3 is 1.52 bits per heavy atom. The van der Waals surface area contributed by atoms with Crippen molar-refractivity contribution in [1.29, 1.82) is 0 Å². The van der Waals surface area contributed by atoms with Crippen molar-refractivity contribution in [2.75, 3.05) is 0 Å². The number of carbonyl (C=O) groups is 9. The van der Waals surface area contributed by atoms with Crippen LogP contribution in [0, 0.1) is 38.6 Å². The fourth-order valence-corrected chi connectivity index (χ4v) is 4.65. The molecule has 3 atom stereocenters. The fourth-order valence-electron chi connectivity index (χ4n) is 4.65. The maximum absolute atomic E-state index is 12.8. The second-order valence-electron chi connectivity index (χ2n) is 8.95. The molecule has 0 bridgehead atoms. The first-order valence-corrected chi connectivity index (χ1v) is 11.6. The zero-order valence-electron chi connectivity index (χ0n) is 21.7. The molecule has 0 saturated heterocycles. The van der Waals surface area contributed by atoms with Crippen LogP contribution in [0.1, 0.15) is 55.3 Å². The van der Waals surface area contributed by atoms with Gasteiger partial charge in [0, 0.05) is 17.0 Å². The summed E-state index contributed by atoms with van der Waals surface area (Å²) in [5.41, 5.74) is -3.11. The summed E-state index contributed by atoms with van der Waals surface area (Å²) in [6.45, 7) is 2.21. The number of hydrogen-bond donors (Lipinski definition) is 0. The van der Waals surface area contributed by atoms with Crippen LogP contribution in [-0.4, -0.2) is 62.6 Å². The Hall–Kier alpha value is -4.24. The van der Waals surface area contributed by atoms with E-state index in [4.69, 9.17) is 0 Å². The van der Waals surface area contributed by atoms with Crippen LogP contribution in [0.4, 0.5) is 0 Å². The summed E-state index contributed by atoms with van der Waals surface area (Å²) in [5, 5.41) is 35.0. The van der Waals surface area contributed by atoms with E-state index >= 15 is 0 Å². The van der Waals surface area contributed by atoms with E-state index in [1.807, 2.05) is 0 Å². The molecule has 0 radical (unpaired) electrons. The van der Waals surface area contributed by atoms with Crippen molar-refractivity contribution in [3.05, 3.63) is 47.3 Å². The normalized spacial score (nSPS) is 12.8. The van der Waals surface area contributed by atoms with Gasteiger partial charge in [-0.25, -0.2) is 4.98 Å². The van der Waals surface area contributed by atoms with Crippen LogP contribution >= 0.6 is 0 Å². The van der Waals surface area contributed by atoms with Gasteiger partial charge < -0.3 is 29.7 Å². The fraction of sp³-hybridized carbons (Fsp3) is 0.222. The minimum Gasteiger partial charge on any atom is -0.542 e. The Morgan fingerprint density at radius 1 is 0.619 bits per heavy atom. The van der Waals surface area contributed by atoms with Gasteiger partial charge in [0.1, 0.15) is 53.0 Å². The van der Waals surface area contributed by atoms with Gasteiger partial charge in [0.05, 0.1) is 16.7 Å². The van der Waals surface area contributed by atoms with E-state index in [0.29, 0.717) is 12.3 Å². The number of pyridine rings is 2. The SMILES string of the molecule is CC(=O)C(C(=O)C(=O)[O-])c1nc2c(ccc3cccnc32)c(C(C(C)=O)C(=O)C(=O)[O-])c1C(C(C)=O)C(=O)C(=O)[O-].[Tb+3]. The second-order valence-corrected chi connectivity index (χ2v) is 8.95. The van der Waals surface area contributed by atoms with E-state index in [1.54, 1.807) is 0 Å². The molecule has 3 unspecified atom stereocenters. The zero-order chi connectivity index (χ0) is 30.9. The Bertz CT molecular complexity index is 1750. The maximum atomic E-state index is 12.8. The molecule has 0 N–H and O–H groups in total. The molecule has 14 nitrogen and oxygen atoms in total. The van der Waals surface area contributed by atoms with Crippen molar-refractivity contribution in [2.45, 2.75) is 38.5 Å². The van der Waals surface area contributed by atoms with Gasteiger partial charge in [-0.2, -0.15) is 0 Å². The number of rotatable bonds is 12. The van der Waals surface area contributed by atoms with Crippen LogP contribution in [-0.2, 0) is 43.2 Å². The van der Waals surface area contributed by atoms with Crippen LogP contribution in [0.5, 0.6) is 0 Å². The first kappa shape index (κ1) is 34.0. The molecule has 216 valence electrons. The molecule has 42 heavy (non-hydrogen) atoms. The van der Waals surface area contributed by atoms with Crippen LogP contribution in [0.15, 0.2) is 30.5 Å². The quantitative estimate of drug-likeness (QED) is 0.101. The van der Waals surface area contributed by atoms with E-state index in [0.717, 1.165) is 13.8 Å². The van der Waals surface area contributed by atoms with Gasteiger partial charge in [-0.3, -0.25) is 33.8 Å². The number of carboxylic acids is 3. The summed E-state index contributed by atoms with van der Waals surface area (Å²) in [7, 11) is 0. The number of carbonyl (C=O) groups excluding carboxylic acids is 9. The van der Waals surface area contributed by atoms with E-state index < -0.39 is 87.2 Å². The van der Waals surface area contributed by atoms with Crippen LogP contribution in [0.25, 0.3) is 21.8 Å². The number of ketones is 6. The molecule has 3 rings (SSSR count). The topological polar surface area (TPSA) is 249 Å². The first-order valence-electron chi connectivity index (χ1n) is 11.6. The third-order valence-corrected chi connectivity index (χ3v) is 6.30. The smallest absolute Gasteiger partial charge is 0.542 e. The largest absolute Gasteiger partial charge is 3.00 e. The Morgan fingerprint density at radius 2 is 1.07 bits per heavy atom. The Kier molecular flexibility index (Phi) is 10.6. The van der Waals surface area contributed by atoms with Crippen molar-refractivity contribution < 1.29 is 97.1 Å². The van der Waals surface area contributed by atoms with Crippen molar-refractivity contribution in [3.63, 3.8) is 0 Å². The molecule has 0 aliphatic carbocycles. The first-order chi connectivity index (χ1) is 19.1. The summed E-state index contributed by atoms with van der Waals surface area (Å²) < 4.78 is 0. The van der Waals surface area contributed by atoms with Gasteiger partial charge in [0.2, 0.25) is 0 Å². The number of aliphatic carboxylic acids is 3. The number of nitrogens with zero attached hydrogens (tertiary/aromatic N) is 2. The monoisotopic (exact) mass is 720 g/mol. The van der Waals surface area contributed by atoms with Gasteiger partial charge in [-0.1, -0.05) is 18.2 Å². The maximum Gasteiger partial charge on any atom is 3.00 e. The van der Waals surface area contributed by atoms with Crippen LogP contribution < -0.4 is 15.3 Å². The number of carboxylic acid groups (broad SMARTS) is 3. The van der Waals surface area contributed by atoms with Gasteiger partial charge >= 0.3 is 38.6 Å². The van der Waals surface area contributed by atoms with Crippen LogP contribution in [0.2, 0.25) is 0 Å². The molecule has 0 fully saturated rings. The molecule has 3 aromatic rings. The standard InChI is InChI=1S/C27H20N2O12.Tb/c1-9(30)14(22(33)25(36)37)17-13-7-6-12-5-4-8-28-19(12)20(13)29-21(16(11(3)32)24(35)27(40)41)18(17)15(10(2)31)23(34)26(38)39;/h4-8,14-16H,1-3H3,(H,36,37)(H,38,39)(H,40,41);/q;+3/p-3. The second kappa shape index (κ2) is 13.2. The Labute approximate surface area is 265 Å². The predicted octanol–water partition coefficient (Wildman–Crippen LogP) is -3.24. The van der Waals surface area contributed by atoms with Gasteiger partial charge in [-0.15, -0.1) is 0 Å². The van der Waals surface area contributed by atoms with Gasteiger partial charge in [0.25, 0.3) is 0 Å². The summed E-state index contributed by atoms with van der Waals surface area (Å²) in [6.07, 6.45) is 1.28. The molecule has 2 heterocycles. The van der Waals surface area contributed by atoms with E-state index in [-0.39, 0.29) is 55.0 Å². The minimum absolute atomic E-state index is 0. The molecular weight excluding hydrogens is 703 g/mol. The molecule has 0 saturated carbocycles. The molecule has 2 aromatic heterocycles. The van der Waals surface area contributed by atoms with E-state index in [1.165, 1.54) is 30.5 Å². The molecular formula is C27H17N2O12Tb. The molecule has 0 aliphatic heterocycles. The number of fused-ring (bicyclic) bond motifs is 3. The third kappa shape index (κ3) is 6.16. The van der Waals surface area contributed by atoms with Crippen molar-refractivity contribution in [1.82, 2.24) is 9.97 Å². The molecule has 15 heteroatoms. The average Bonchev–Trinajstić information content (AvgIpc) is 2.88. The number of Topliss-reactive ketones (excluding diaryl/α,β-unsaturated/α-hetero) is 6. The van der Waals surface area contributed by atoms with Gasteiger partial charge in [0.15, 0.2) is 17.3 Å². The Balaban J connectivity index is 0.00000616. The summed E-state index contributed by atoms with van der Waals surface area (Å²) in [4.78, 5) is 120. The molecule has 0 spiro atoms. The zero-order valence-corrected chi connectivity index (χ0v) is 23.9. The van der Waals surface area contributed by atoms with Crippen molar-refractivity contribution in [2.24, 2.45) is 0 Å². The minimum atomic E-state index is -2.53. The molecule has 1 aromatic carbocycles. The predicted molar refractivity (Wildman–Crippen MR) is 127 cm³/mol. The number of benzene rings is 1. The van der Waals surface area contributed by atoms with Crippen LogP contribution in [0.3, 0.4) is 0 Å². The number of hydrogen-bond acceptors (Lipinski definition) is 14. The number of aromatic nitrogens is 2. The summed E-state index contributed by atoms with van der Waals surface area (Å²) >= 11 is 0. The average molecular weight is 720 g/mol. The summed E-state index contributed by atoms with van der Waals surface area (Å²) in [6, 6.07) is 5.60. The van der Waals surface area contributed by atoms with Crippen molar-refractivity contribution >= 4 is 74.4 Å².